The molecule has 1 saturated heterocycles. The molecular formula is C13H20N2O4S2. The van der Waals surface area contributed by atoms with E-state index in [-0.39, 0.29) is 17.2 Å². The third kappa shape index (κ3) is 4.03. The van der Waals surface area contributed by atoms with Gasteiger partial charge in [0.25, 0.3) is 0 Å². The SMILES string of the molecule is NCCc1ccc(S(=O)(=O)NCC2CCCS2(=O)=O)cc1. The minimum atomic E-state index is -3.68. The topological polar surface area (TPSA) is 106 Å². The zero-order valence-electron chi connectivity index (χ0n) is 11.7. The van der Waals surface area contributed by atoms with Crippen LogP contribution in [-0.4, -0.2) is 40.9 Å². The molecule has 0 spiro atoms. The summed E-state index contributed by atoms with van der Waals surface area (Å²) in [5.41, 5.74) is 6.41. The van der Waals surface area contributed by atoms with E-state index in [1.165, 1.54) is 12.1 Å². The van der Waals surface area contributed by atoms with E-state index in [2.05, 4.69) is 4.72 Å². The third-order valence-electron chi connectivity index (χ3n) is 3.63. The zero-order valence-corrected chi connectivity index (χ0v) is 13.3. The van der Waals surface area contributed by atoms with Crippen molar-refractivity contribution in [1.29, 1.82) is 0 Å². The molecule has 118 valence electrons. The first-order valence-electron chi connectivity index (χ1n) is 6.85. The Labute approximate surface area is 125 Å². The molecular weight excluding hydrogens is 312 g/mol. The van der Waals surface area contributed by atoms with Gasteiger partial charge < -0.3 is 5.73 Å². The van der Waals surface area contributed by atoms with E-state index in [1.54, 1.807) is 12.1 Å². The molecule has 2 rings (SSSR count). The predicted octanol–water partition coefficient (Wildman–Crippen LogP) is 0.0433. The number of rotatable bonds is 6. The second-order valence-electron chi connectivity index (χ2n) is 5.17. The number of sulfonamides is 1. The van der Waals surface area contributed by atoms with Crippen LogP contribution in [0.15, 0.2) is 29.2 Å². The summed E-state index contributed by atoms with van der Waals surface area (Å²) in [6, 6.07) is 6.45. The normalized spacial score (nSPS) is 21.5. The van der Waals surface area contributed by atoms with Crippen LogP contribution in [0.1, 0.15) is 18.4 Å². The van der Waals surface area contributed by atoms with Gasteiger partial charge in [0, 0.05) is 6.54 Å². The fourth-order valence-electron chi connectivity index (χ4n) is 2.38. The van der Waals surface area contributed by atoms with Crippen molar-refractivity contribution in [1.82, 2.24) is 4.72 Å². The Balaban J connectivity index is 2.04. The molecule has 8 heteroatoms. The second-order valence-corrected chi connectivity index (χ2v) is 9.33. The maximum atomic E-state index is 12.1. The Morgan fingerprint density at radius 3 is 2.43 bits per heavy atom. The van der Waals surface area contributed by atoms with Crippen molar-refractivity contribution in [2.75, 3.05) is 18.8 Å². The summed E-state index contributed by atoms with van der Waals surface area (Å²) in [5.74, 6) is 0.146. The van der Waals surface area contributed by atoms with Crippen LogP contribution >= 0.6 is 0 Å². The minimum Gasteiger partial charge on any atom is -0.330 e. The van der Waals surface area contributed by atoms with Crippen molar-refractivity contribution in [2.45, 2.75) is 29.4 Å². The maximum Gasteiger partial charge on any atom is 0.240 e. The van der Waals surface area contributed by atoms with Crippen molar-refractivity contribution >= 4 is 19.9 Å². The first-order valence-corrected chi connectivity index (χ1v) is 10.1. The highest BCUT2D eigenvalue weighted by Gasteiger charge is 2.32. The molecule has 6 nitrogen and oxygen atoms in total. The highest BCUT2D eigenvalue weighted by molar-refractivity contribution is 7.92. The second kappa shape index (κ2) is 6.43. The quantitative estimate of drug-likeness (QED) is 0.765. The molecule has 1 aliphatic rings. The van der Waals surface area contributed by atoms with E-state index < -0.39 is 25.1 Å². The first-order chi connectivity index (χ1) is 9.85. The molecule has 0 radical (unpaired) electrons. The van der Waals surface area contributed by atoms with Crippen LogP contribution in [0, 0.1) is 0 Å². The van der Waals surface area contributed by atoms with Gasteiger partial charge in [-0.15, -0.1) is 0 Å². The monoisotopic (exact) mass is 332 g/mol. The van der Waals surface area contributed by atoms with Crippen LogP contribution in [0.5, 0.6) is 0 Å². The summed E-state index contributed by atoms with van der Waals surface area (Å²) in [6.45, 7) is 0.444. The third-order valence-corrected chi connectivity index (χ3v) is 7.35. The first kappa shape index (κ1) is 16.4. The van der Waals surface area contributed by atoms with Gasteiger partial charge in [0.15, 0.2) is 9.84 Å². The standard InChI is InChI=1S/C13H20N2O4S2/c14-8-7-11-3-5-12(6-4-11)21(18,19)15-10-13-2-1-9-20(13,16)17/h3-6,13,15H,1-2,7-10,14H2. The van der Waals surface area contributed by atoms with E-state index in [4.69, 9.17) is 5.73 Å². The Hall–Kier alpha value is -0.960. The van der Waals surface area contributed by atoms with Gasteiger partial charge in [-0.05, 0) is 43.5 Å². The van der Waals surface area contributed by atoms with E-state index in [9.17, 15) is 16.8 Å². The average molecular weight is 332 g/mol. The molecule has 1 atom stereocenters. The molecule has 1 aromatic rings. The summed E-state index contributed by atoms with van der Waals surface area (Å²) in [4.78, 5) is 0.138. The molecule has 0 aromatic heterocycles. The number of benzene rings is 1. The Kier molecular flexibility index (Phi) is 5.03. The summed E-state index contributed by atoms with van der Waals surface area (Å²) < 4.78 is 50.0. The van der Waals surface area contributed by atoms with Crippen molar-refractivity contribution in [2.24, 2.45) is 5.73 Å². The molecule has 1 aliphatic heterocycles. The lowest BCUT2D eigenvalue weighted by Gasteiger charge is -2.11. The van der Waals surface area contributed by atoms with Crippen molar-refractivity contribution in [3.05, 3.63) is 29.8 Å². The van der Waals surface area contributed by atoms with Crippen LogP contribution in [0.4, 0.5) is 0 Å². The van der Waals surface area contributed by atoms with Crippen LogP contribution in [0.3, 0.4) is 0 Å². The highest BCUT2D eigenvalue weighted by Crippen LogP contribution is 2.20. The fourth-order valence-corrected chi connectivity index (χ4v) is 5.33. The molecule has 1 aromatic carbocycles. The summed E-state index contributed by atoms with van der Waals surface area (Å²) >= 11 is 0. The molecule has 3 N–H and O–H groups in total. The molecule has 0 saturated carbocycles. The van der Waals surface area contributed by atoms with E-state index in [0.717, 1.165) is 5.56 Å². The van der Waals surface area contributed by atoms with E-state index >= 15 is 0 Å². The van der Waals surface area contributed by atoms with Gasteiger partial charge >= 0.3 is 0 Å². The van der Waals surface area contributed by atoms with E-state index in [1.807, 2.05) is 0 Å². The fraction of sp³-hybridized carbons (Fsp3) is 0.538. The number of hydrogen-bond donors (Lipinski definition) is 2. The lowest BCUT2D eigenvalue weighted by Crippen LogP contribution is -2.34. The molecule has 0 aliphatic carbocycles. The molecule has 0 bridgehead atoms. The zero-order chi connectivity index (χ0) is 15.5. The van der Waals surface area contributed by atoms with Gasteiger partial charge in [0.2, 0.25) is 10.0 Å². The summed E-state index contributed by atoms with van der Waals surface area (Å²) in [6.07, 6.45) is 1.80. The average Bonchev–Trinajstić information content (AvgIpc) is 2.76. The number of nitrogens with two attached hydrogens (primary N) is 1. The molecule has 0 amide bonds. The lowest BCUT2D eigenvalue weighted by atomic mass is 10.2. The van der Waals surface area contributed by atoms with E-state index in [0.29, 0.717) is 25.8 Å². The van der Waals surface area contributed by atoms with Gasteiger partial charge in [-0.25, -0.2) is 21.6 Å². The minimum absolute atomic E-state index is 0.0603. The Morgan fingerprint density at radius 1 is 1.24 bits per heavy atom. The van der Waals surface area contributed by atoms with Crippen LogP contribution in [-0.2, 0) is 26.3 Å². The lowest BCUT2D eigenvalue weighted by molar-refractivity contribution is 0.571. The Morgan fingerprint density at radius 2 is 1.90 bits per heavy atom. The van der Waals surface area contributed by atoms with Crippen LogP contribution < -0.4 is 10.5 Å². The Bertz CT molecular complexity index is 681. The van der Waals surface area contributed by atoms with Crippen molar-refractivity contribution in [3.63, 3.8) is 0 Å². The number of hydrogen-bond acceptors (Lipinski definition) is 5. The van der Waals surface area contributed by atoms with Gasteiger partial charge in [-0.3, -0.25) is 0 Å². The molecule has 1 fully saturated rings. The number of nitrogens with one attached hydrogen (secondary N) is 1. The summed E-state index contributed by atoms with van der Waals surface area (Å²) in [5, 5.41) is -0.608. The van der Waals surface area contributed by atoms with Gasteiger partial charge in [-0.1, -0.05) is 12.1 Å². The number of sulfone groups is 1. The van der Waals surface area contributed by atoms with Gasteiger partial charge in [-0.2, -0.15) is 0 Å². The van der Waals surface area contributed by atoms with Gasteiger partial charge in [0.1, 0.15) is 0 Å². The molecule has 21 heavy (non-hydrogen) atoms. The predicted molar refractivity (Wildman–Crippen MR) is 81.2 cm³/mol. The highest BCUT2D eigenvalue weighted by atomic mass is 32.2. The van der Waals surface area contributed by atoms with Crippen LogP contribution in [0.2, 0.25) is 0 Å². The molecule has 1 heterocycles. The van der Waals surface area contributed by atoms with Crippen molar-refractivity contribution < 1.29 is 16.8 Å². The maximum absolute atomic E-state index is 12.1. The summed E-state index contributed by atoms with van der Waals surface area (Å²) in [7, 11) is -6.82. The smallest absolute Gasteiger partial charge is 0.240 e. The van der Waals surface area contributed by atoms with Gasteiger partial charge in [0.05, 0.1) is 15.9 Å². The van der Waals surface area contributed by atoms with Crippen molar-refractivity contribution in [3.8, 4) is 0 Å². The van der Waals surface area contributed by atoms with Crippen LogP contribution in [0.25, 0.3) is 0 Å². The largest absolute Gasteiger partial charge is 0.330 e. The molecule has 1 unspecified atom stereocenters.